The summed E-state index contributed by atoms with van der Waals surface area (Å²) in [4.78, 5) is 0. The number of hydrogen-bond acceptors (Lipinski definition) is 2. The van der Waals surface area contributed by atoms with Crippen molar-refractivity contribution in [1.82, 2.24) is 0 Å². The van der Waals surface area contributed by atoms with Gasteiger partial charge in [-0.25, -0.2) is 13.6 Å². The minimum absolute atomic E-state index is 0.373. The Hall–Kier alpha value is -0.550. The molecule has 0 bridgehead atoms. The molecule has 1 aromatic rings. The predicted molar refractivity (Wildman–Crippen MR) is 58.6 cm³/mol. The number of benzene rings is 1. The Bertz CT molecular complexity index is 448. The van der Waals surface area contributed by atoms with Crippen LogP contribution in [0.5, 0.6) is 0 Å². The number of sulfonamides is 1. The molecule has 0 radical (unpaired) electrons. The highest BCUT2D eigenvalue weighted by Crippen LogP contribution is 2.25. The molecule has 0 heterocycles. The third-order valence-electron chi connectivity index (χ3n) is 1.42. The van der Waals surface area contributed by atoms with Gasteiger partial charge in [-0.3, -0.25) is 0 Å². The second-order valence-electron chi connectivity index (χ2n) is 2.53. The summed E-state index contributed by atoms with van der Waals surface area (Å²) in [5.41, 5.74) is 0.435. The molecule has 0 aliphatic carbocycles. The molecule has 14 heavy (non-hydrogen) atoms. The Morgan fingerprint density at radius 2 is 1.71 bits per heavy atom. The first-order valence-corrected chi connectivity index (χ1v) is 5.91. The van der Waals surface area contributed by atoms with Gasteiger partial charge >= 0.3 is 0 Å². The Morgan fingerprint density at radius 3 is 2.14 bits per heavy atom. The lowest BCUT2D eigenvalue weighted by molar-refractivity contribution is 0.606. The Balaban J connectivity index is 3.15. The molecule has 6 heteroatoms. The van der Waals surface area contributed by atoms with Crippen molar-refractivity contribution in [2.45, 2.75) is 0 Å². The van der Waals surface area contributed by atoms with Crippen molar-refractivity contribution in [2.75, 3.05) is 0 Å². The van der Waals surface area contributed by atoms with Crippen LogP contribution in [0.25, 0.3) is 6.08 Å². The maximum absolute atomic E-state index is 10.6. The molecule has 0 saturated carbocycles. The topological polar surface area (TPSA) is 60.2 Å². The molecule has 0 aliphatic rings. The molecular formula is C8H7Cl2NO2S. The quantitative estimate of drug-likeness (QED) is 0.877. The van der Waals surface area contributed by atoms with Gasteiger partial charge in [0.1, 0.15) is 0 Å². The zero-order valence-corrected chi connectivity index (χ0v) is 9.27. The molecule has 0 atom stereocenters. The summed E-state index contributed by atoms with van der Waals surface area (Å²) in [6.07, 6.45) is 1.26. The Kier molecular flexibility index (Phi) is 3.55. The van der Waals surface area contributed by atoms with Crippen molar-refractivity contribution in [1.29, 1.82) is 0 Å². The highest BCUT2D eigenvalue weighted by molar-refractivity contribution is 7.92. The zero-order valence-electron chi connectivity index (χ0n) is 6.94. The summed E-state index contributed by atoms with van der Waals surface area (Å²) in [5, 5.41) is 6.38. The number of primary sulfonamides is 1. The number of halogens is 2. The molecule has 0 aliphatic heterocycles. The van der Waals surface area contributed by atoms with Crippen molar-refractivity contribution in [2.24, 2.45) is 5.14 Å². The van der Waals surface area contributed by atoms with E-state index in [0.717, 1.165) is 5.41 Å². The van der Waals surface area contributed by atoms with Crippen LogP contribution in [0, 0.1) is 0 Å². The number of rotatable bonds is 2. The van der Waals surface area contributed by atoms with Crippen LogP contribution >= 0.6 is 23.2 Å². The van der Waals surface area contributed by atoms with Crippen LogP contribution < -0.4 is 5.14 Å². The van der Waals surface area contributed by atoms with E-state index < -0.39 is 10.0 Å². The fourth-order valence-electron chi connectivity index (χ4n) is 0.833. The van der Waals surface area contributed by atoms with Gasteiger partial charge in [0, 0.05) is 21.0 Å². The summed E-state index contributed by atoms with van der Waals surface area (Å²) in [6, 6.07) is 4.88. The second kappa shape index (κ2) is 4.31. The van der Waals surface area contributed by atoms with E-state index in [1.807, 2.05) is 0 Å². The molecule has 0 spiro atoms. The molecule has 0 aromatic heterocycles. The first-order chi connectivity index (χ1) is 6.40. The van der Waals surface area contributed by atoms with E-state index in [1.54, 1.807) is 18.2 Å². The standard InChI is InChI=1S/C8H7Cl2NO2S/c9-7-2-1-3-8(10)6(7)4-5-14(11,12)13/h1-5H,(H2,11,12,13)/b5-4+. The van der Waals surface area contributed by atoms with E-state index in [0.29, 0.717) is 15.6 Å². The van der Waals surface area contributed by atoms with E-state index in [2.05, 4.69) is 0 Å². The van der Waals surface area contributed by atoms with Crippen molar-refractivity contribution in [3.63, 3.8) is 0 Å². The molecule has 1 aromatic carbocycles. The second-order valence-corrected chi connectivity index (χ2v) is 4.79. The first kappa shape index (κ1) is 11.5. The normalized spacial score (nSPS) is 12.2. The van der Waals surface area contributed by atoms with Crippen molar-refractivity contribution in [3.8, 4) is 0 Å². The molecular weight excluding hydrogens is 245 g/mol. The van der Waals surface area contributed by atoms with Gasteiger partial charge in [-0.05, 0) is 18.2 Å². The summed E-state index contributed by atoms with van der Waals surface area (Å²) in [6.45, 7) is 0. The predicted octanol–water partition coefficient (Wildman–Crippen LogP) is 2.25. The van der Waals surface area contributed by atoms with Gasteiger partial charge in [0.2, 0.25) is 10.0 Å². The van der Waals surface area contributed by atoms with Crippen molar-refractivity contribution < 1.29 is 8.42 Å². The SMILES string of the molecule is NS(=O)(=O)/C=C/c1c(Cl)cccc1Cl. The average molecular weight is 252 g/mol. The summed E-state index contributed by atoms with van der Waals surface area (Å²) in [7, 11) is -3.65. The fraction of sp³-hybridized carbons (Fsp3) is 0. The van der Waals surface area contributed by atoms with Gasteiger partial charge in [0.25, 0.3) is 0 Å². The van der Waals surface area contributed by atoms with E-state index in [4.69, 9.17) is 28.3 Å². The summed E-state index contributed by atoms with van der Waals surface area (Å²) in [5.74, 6) is 0. The van der Waals surface area contributed by atoms with Crippen LogP contribution in [-0.2, 0) is 10.0 Å². The van der Waals surface area contributed by atoms with Crippen LogP contribution in [0.15, 0.2) is 23.6 Å². The number of nitrogens with two attached hydrogens (primary N) is 1. The monoisotopic (exact) mass is 251 g/mol. The Labute approximate surface area is 92.2 Å². The first-order valence-electron chi connectivity index (χ1n) is 3.55. The average Bonchev–Trinajstić information content (AvgIpc) is 2.01. The van der Waals surface area contributed by atoms with Crippen LogP contribution in [0.3, 0.4) is 0 Å². The van der Waals surface area contributed by atoms with Gasteiger partial charge in [-0.2, -0.15) is 0 Å². The van der Waals surface area contributed by atoms with Gasteiger partial charge in [-0.1, -0.05) is 29.3 Å². The molecule has 0 unspecified atom stereocenters. The lowest BCUT2D eigenvalue weighted by Crippen LogP contribution is -2.06. The molecule has 1 rings (SSSR count). The number of hydrogen-bond donors (Lipinski definition) is 1. The lowest BCUT2D eigenvalue weighted by atomic mass is 10.2. The van der Waals surface area contributed by atoms with Crippen molar-refractivity contribution >= 4 is 39.3 Å². The maximum Gasteiger partial charge on any atom is 0.231 e. The van der Waals surface area contributed by atoms with Gasteiger partial charge in [-0.15, -0.1) is 0 Å². The third-order valence-corrected chi connectivity index (χ3v) is 2.60. The van der Waals surface area contributed by atoms with Crippen LogP contribution in [0.2, 0.25) is 10.0 Å². The van der Waals surface area contributed by atoms with E-state index in [9.17, 15) is 8.42 Å². The molecule has 76 valence electrons. The smallest absolute Gasteiger partial charge is 0.225 e. The molecule has 3 nitrogen and oxygen atoms in total. The lowest BCUT2D eigenvalue weighted by Gasteiger charge is -1.99. The van der Waals surface area contributed by atoms with Gasteiger partial charge < -0.3 is 0 Å². The van der Waals surface area contributed by atoms with Gasteiger partial charge in [0.05, 0.1) is 0 Å². The largest absolute Gasteiger partial charge is 0.231 e. The maximum atomic E-state index is 10.6. The molecule has 0 fully saturated rings. The highest BCUT2D eigenvalue weighted by atomic mass is 35.5. The zero-order chi connectivity index (χ0) is 10.8. The van der Waals surface area contributed by atoms with Crippen LogP contribution in [0.4, 0.5) is 0 Å². The molecule has 0 amide bonds. The highest BCUT2D eigenvalue weighted by Gasteiger charge is 2.02. The fourth-order valence-corrected chi connectivity index (χ4v) is 1.68. The Morgan fingerprint density at radius 1 is 1.21 bits per heavy atom. The molecule has 0 saturated heterocycles. The minimum Gasteiger partial charge on any atom is -0.225 e. The van der Waals surface area contributed by atoms with Crippen LogP contribution in [-0.4, -0.2) is 8.42 Å². The van der Waals surface area contributed by atoms with E-state index in [1.165, 1.54) is 6.08 Å². The van der Waals surface area contributed by atoms with Gasteiger partial charge in [0.15, 0.2) is 0 Å². The summed E-state index contributed by atoms with van der Waals surface area (Å²) >= 11 is 11.6. The summed E-state index contributed by atoms with van der Waals surface area (Å²) < 4.78 is 21.3. The van der Waals surface area contributed by atoms with Crippen molar-refractivity contribution in [3.05, 3.63) is 39.2 Å². The van der Waals surface area contributed by atoms with E-state index in [-0.39, 0.29) is 0 Å². The van der Waals surface area contributed by atoms with E-state index >= 15 is 0 Å². The molecule has 2 N–H and O–H groups in total. The minimum atomic E-state index is -3.65. The third kappa shape index (κ3) is 3.31. The van der Waals surface area contributed by atoms with Crippen LogP contribution in [0.1, 0.15) is 5.56 Å².